The molecule has 0 aliphatic rings. The summed E-state index contributed by atoms with van der Waals surface area (Å²) < 4.78 is 14.6. The van der Waals surface area contributed by atoms with Crippen LogP contribution in [0.2, 0.25) is 0 Å². The summed E-state index contributed by atoms with van der Waals surface area (Å²) in [6.07, 6.45) is 8.62. The van der Waals surface area contributed by atoms with Crippen molar-refractivity contribution < 1.29 is 9.50 Å². The van der Waals surface area contributed by atoms with E-state index < -0.39 is 0 Å². The van der Waals surface area contributed by atoms with E-state index in [1.807, 2.05) is 22.9 Å². The van der Waals surface area contributed by atoms with Crippen molar-refractivity contribution in [3.8, 4) is 0 Å². The van der Waals surface area contributed by atoms with Gasteiger partial charge in [0.1, 0.15) is 5.82 Å². The quantitative estimate of drug-likeness (QED) is 0.779. The van der Waals surface area contributed by atoms with Crippen LogP contribution in [0.25, 0.3) is 0 Å². The van der Waals surface area contributed by atoms with Gasteiger partial charge in [-0.2, -0.15) is 0 Å². The van der Waals surface area contributed by atoms with Crippen LogP contribution in [0.1, 0.15) is 24.8 Å². The number of aliphatic hydroxyl groups excluding tert-OH is 1. The summed E-state index contributed by atoms with van der Waals surface area (Å²) in [6.45, 7) is 0.594. The van der Waals surface area contributed by atoms with Gasteiger partial charge in [-0.3, -0.25) is 0 Å². The average Bonchev–Trinajstić information content (AvgIpc) is 2.89. The van der Waals surface area contributed by atoms with Gasteiger partial charge in [0.2, 0.25) is 0 Å². The number of hydrogen-bond acceptors (Lipinski definition) is 2. The highest BCUT2D eigenvalue weighted by atomic mass is 19.1. The van der Waals surface area contributed by atoms with E-state index in [0.717, 1.165) is 31.2 Å². The number of aryl methyl sites for hydroxylation is 1. The molecule has 1 aromatic heterocycles. The van der Waals surface area contributed by atoms with Crippen LogP contribution >= 0.6 is 0 Å². The van der Waals surface area contributed by atoms with Crippen molar-refractivity contribution in [3.63, 3.8) is 0 Å². The summed E-state index contributed by atoms with van der Waals surface area (Å²) in [7, 11) is 0. The largest absolute Gasteiger partial charge is 0.391 e. The lowest BCUT2D eigenvalue weighted by atomic mass is 10.1. The number of aliphatic hydroxyl groups is 1. The molecule has 0 spiro atoms. The number of halogens is 1. The Morgan fingerprint density at radius 1 is 1.21 bits per heavy atom. The molecule has 0 saturated carbocycles. The van der Waals surface area contributed by atoms with Crippen LogP contribution in [0.15, 0.2) is 43.0 Å². The van der Waals surface area contributed by atoms with Gasteiger partial charge in [0.15, 0.2) is 0 Å². The number of rotatable bonds is 7. The first-order valence-electron chi connectivity index (χ1n) is 6.62. The van der Waals surface area contributed by atoms with E-state index in [1.165, 1.54) is 12.1 Å². The van der Waals surface area contributed by atoms with E-state index in [-0.39, 0.29) is 11.9 Å². The summed E-state index contributed by atoms with van der Waals surface area (Å²) in [5, 5.41) is 9.86. The lowest BCUT2D eigenvalue weighted by molar-refractivity contribution is 0.141. The van der Waals surface area contributed by atoms with E-state index in [0.29, 0.717) is 6.54 Å². The molecule has 0 radical (unpaired) electrons. The predicted octanol–water partition coefficient (Wildman–Crippen LogP) is 2.80. The van der Waals surface area contributed by atoms with Crippen molar-refractivity contribution in [1.29, 1.82) is 0 Å². The van der Waals surface area contributed by atoms with Crippen LogP contribution < -0.4 is 0 Å². The maximum atomic E-state index is 12.7. The number of benzene rings is 1. The monoisotopic (exact) mass is 262 g/mol. The summed E-state index contributed by atoms with van der Waals surface area (Å²) >= 11 is 0. The van der Waals surface area contributed by atoms with Crippen LogP contribution in [0.3, 0.4) is 0 Å². The first-order chi connectivity index (χ1) is 9.24. The zero-order valence-electron chi connectivity index (χ0n) is 10.9. The average molecular weight is 262 g/mol. The van der Waals surface area contributed by atoms with Crippen LogP contribution in [0, 0.1) is 5.82 Å². The normalized spacial score (nSPS) is 12.5. The topological polar surface area (TPSA) is 38.0 Å². The standard InChI is InChI=1S/C15H19FN2O/c16-14-7-5-13(6-8-14)3-1-2-4-15(19)11-18-10-9-17-12-18/h5-10,12,15,19H,1-4,11H2. The van der Waals surface area contributed by atoms with E-state index in [1.54, 1.807) is 12.5 Å². The first-order valence-corrected chi connectivity index (χ1v) is 6.62. The number of aromatic nitrogens is 2. The summed E-state index contributed by atoms with van der Waals surface area (Å²) in [5.74, 6) is -0.195. The molecule has 2 rings (SSSR count). The molecule has 1 heterocycles. The number of hydrogen-bond donors (Lipinski definition) is 1. The fourth-order valence-corrected chi connectivity index (χ4v) is 2.09. The molecule has 0 saturated heterocycles. The van der Waals surface area contributed by atoms with Crippen molar-refractivity contribution in [1.82, 2.24) is 9.55 Å². The van der Waals surface area contributed by atoms with Crippen LogP contribution in [-0.4, -0.2) is 20.8 Å². The summed E-state index contributed by atoms with van der Waals surface area (Å²) in [5.41, 5.74) is 1.14. The Morgan fingerprint density at radius 2 is 2.00 bits per heavy atom. The molecule has 0 aliphatic carbocycles. The van der Waals surface area contributed by atoms with Gasteiger partial charge in [-0.05, 0) is 37.0 Å². The van der Waals surface area contributed by atoms with Crippen LogP contribution in [-0.2, 0) is 13.0 Å². The van der Waals surface area contributed by atoms with Crippen molar-refractivity contribution >= 4 is 0 Å². The molecule has 0 fully saturated rings. The molecule has 19 heavy (non-hydrogen) atoms. The molecule has 102 valence electrons. The van der Waals surface area contributed by atoms with E-state index in [2.05, 4.69) is 4.98 Å². The minimum Gasteiger partial charge on any atom is -0.391 e. The summed E-state index contributed by atoms with van der Waals surface area (Å²) in [4.78, 5) is 3.94. The molecule has 0 aliphatic heterocycles. The molecule has 2 aromatic rings. The van der Waals surface area contributed by atoms with Crippen molar-refractivity contribution in [2.45, 2.75) is 38.3 Å². The third kappa shape index (κ3) is 4.83. The second-order valence-electron chi connectivity index (χ2n) is 4.79. The molecule has 1 N–H and O–H groups in total. The Labute approximate surface area is 112 Å². The predicted molar refractivity (Wildman–Crippen MR) is 72.2 cm³/mol. The summed E-state index contributed by atoms with van der Waals surface area (Å²) in [6, 6.07) is 6.61. The van der Waals surface area contributed by atoms with E-state index in [9.17, 15) is 9.50 Å². The third-order valence-corrected chi connectivity index (χ3v) is 3.15. The van der Waals surface area contributed by atoms with Gasteiger partial charge >= 0.3 is 0 Å². The highest BCUT2D eigenvalue weighted by molar-refractivity contribution is 5.15. The Hall–Kier alpha value is -1.68. The smallest absolute Gasteiger partial charge is 0.123 e. The highest BCUT2D eigenvalue weighted by Crippen LogP contribution is 2.10. The van der Waals surface area contributed by atoms with Crippen molar-refractivity contribution in [2.24, 2.45) is 0 Å². The Bertz CT molecular complexity index is 467. The Kier molecular flexibility index (Phi) is 5.10. The van der Waals surface area contributed by atoms with Gasteiger partial charge in [-0.25, -0.2) is 9.37 Å². The van der Waals surface area contributed by atoms with E-state index >= 15 is 0 Å². The fraction of sp³-hybridized carbons (Fsp3) is 0.400. The highest BCUT2D eigenvalue weighted by Gasteiger charge is 2.04. The van der Waals surface area contributed by atoms with Crippen LogP contribution in [0.4, 0.5) is 4.39 Å². The fourth-order valence-electron chi connectivity index (χ4n) is 2.09. The van der Waals surface area contributed by atoms with Gasteiger partial charge in [-0.1, -0.05) is 18.6 Å². The van der Waals surface area contributed by atoms with Gasteiger partial charge in [0.05, 0.1) is 12.4 Å². The van der Waals surface area contributed by atoms with Crippen molar-refractivity contribution in [3.05, 3.63) is 54.4 Å². The molecular formula is C15H19FN2O. The minimum atomic E-state index is -0.331. The molecule has 1 aromatic carbocycles. The minimum absolute atomic E-state index is 0.195. The molecule has 3 nitrogen and oxygen atoms in total. The molecule has 1 unspecified atom stereocenters. The van der Waals surface area contributed by atoms with E-state index in [4.69, 9.17) is 0 Å². The molecule has 0 bridgehead atoms. The zero-order valence-corrected chi connectivity index (χ0v) is 10.9. The van der Waals surface area contributed by atoms with Gasteiger partial charge in [-0.15, -0.1) is 0 Å². The third-order valence-electron chi connectivity index (χ3n) is 3.15. The second kappa shape index (κ2) is 7.04. The number of unbranched alkanes of at least 4 members (excludes halogenated alkanes) is 1. The maximum absolute atomic E-state index is 12.7. The number of nitrogens with zero attached hydrogens (tertiary/aromatic N) is 2. The second-order valence-corrected chi connectivity index (χ2v) is 4.79. The SMILES string of the molecule is OC(CCCCc1ccc(F)cc1)Cn1ccnc1. The van der Waals surface area contributed by atoms with Gasteiger partial charge in [0.25, 0.3) is 0 Å². The zero-order chi connectivity index (χ0) is 13.5. The lowest BCUT2D eigenvalue weighted by Crippen LogP contribution is -2.14. The first kappa shape index (κ1) is 13.7. The molecule has 0 amide bonds. The molecule has 1 atom stereocenters. The number of imidazole rings is 1. The maximum Gasteiger partial charge on any atom is 0.123 e. The molecular weight excluding hydrogens is 243 g/mol. The van der Waals surface area contributed by atoms with Gasteiger partial charge in [0, 0.05) is 18.9 Å². The van der Waals surface area contributed by atoms with Crippen LogP contribution in [0.5, 0.6) is 0 Å². The lowest BCUT2D eigenvalue weighted by Gasteiger charge is -2.10. The van der Waals surface area contributed by atoms with Gasteiger partial charge < -0.3 is 9.67 Å². The Morgan fingerprint density at radius 3 is 2.68 bits per heavy atom. The van der Waals surface area contributed by atoms with Crippen molar-refractivity contribution in [2.75, 3.05) is 0 Å². The Balaban J connectivity index is 1.62. The molecule has 4 heteroatoms.